The van der Waals surface area contributed by atoms with Crippen LogP contribution in [0.25, 0.3) is 0 Å². The SMILES string of the molecule is CCN(CC)C(=O)CC1CC2(CCN(Cc3ccc(F)cc3)CC2)Oc2ccccc21. The van der Waals surface area contributed by atoms with Crippen LogP contribution in [-0.4, -0.2) is 47.5 Å². The minimum Gasteiger partial charge on any atom is -0.487 e. The van der Waals surface area contributed by atoms with Crippen molar-refractivity contribution in [3.8, 4) is 5.75 Å². The second-order valence-electron chi connectivity index (χ2n) is 8.90. The first-order chi connectivity index (χ1) is 15.0. The molecule has 1 atom stereocenters. The molecule has 2 heterocycles. The highest BCUT2D eigenvalue weighted by atomic mass is 19.1. The molecule has 31 heavy (non-hydrogen) atoms. The zero-order valence-electron chi connectivity index (χ0n) is 18.6. The molecule has 0 aliphatic carbocycles. The number of carbonyl (C=O) groups excluding carboxylic acids is 1. The number of hydrogen-bond acceptors (Lipinski definition) is 3. The fraction of sp³-hybridized carbons (Fsp3) is 0.500. The van der Waals surface area contributed by atoms with Gasteiger partial charge in [0.05, 0.1) is 0 Å². The second-order valence-corrected chi connectivity index (χ2v) is 8.90. The van der Waals surface area contributed by atoms with Gasteiger partial charge in [-0.15, -0.1) is 0 Å². The van der Waals surface area contributed by atoms with Crippen molar-refractivity contribution in [1.29, 1.82) is 0 Å². The lowest BCUT2D eigenvalue weighted by Crippen LogP contribution is -2.50. The van der Waals surface area contributed by atoms with Gasteiger partial charge in [0.2, 0.25) is 5.91 Å². The summed E-state index contributed by atoms with van der Waals surface area (Å²) in [6, 6.07) is 15.0. The fourth-order valence-electron chi connectivity index (χ4n) is 5.12. The third-order valence-electron chi connectivity index (χ3n) is 6.93. The molecule has 166 valence electrons. The maximum atomic E-state index is 13.2. The quantitative estimate of drug-likeness (QED) is 0.655. The van der Waals surface area contributed by atoms with E-state index in [0.717, 1.165) is 63.3 Å². The number of hydrogen-bond donors (Lipinski definition) is 0. The number of carbonyl (C=O) groups is 1. The molecule has 0 bridgehead atoms. The highest BCUT2D eigenvalue weighted by molar-refractivity contribution is 5.77. The summed E-state index contributed by atoms with van der Waals surface area (Å²) in [4.78, 5) is 17.2. The molecular weight excluding hydrogens is 391 g/mol. The molecule has 0 aromatic heterocycles. The second kappa shape index (κ2) is 9.39. The predicted octanol–water partition coefficient (Wildman–Crippen LogP) is 4.99. The van der Waals surface area contributed by atoms with E-state index in [0.29, 0.717) is 6.42 Å². The van der Waals surface area contributed by atoms with Gasteiger partial charge in [-0.3, -0.25) is 9.69 Å². The van der Waals surface area contributed by atoms with Gasteiger partial charge in [-0.25, -0.2) is 4.39 Å². The highest BCUT2D eigenvalue weighted by Gasteiger charge is 2.43. The number of amides is 1. The van der Waals surface area contributed by atoms with E-state index in [1.54, 1.807) is 0 Å². The Hall–Kier alpha value is -2.40. The molecule has 2 aliphatic rings. The van der Waals surface area contributed by atoms with E-state index < -0.39 is 0 Å². The van der Waals surface area contributed by atoms with Crippen molar-refractivity contribution in [2.24, 2.45) is 0 Å². The number of fused-ring (bicyclic) bond motifs is 1. The minimum atomic E-state index is -0.206. The first-order valence-electron chi connectivity index (χ1n) is 11.5. The molecule has 2 aromatic rings. The number of rotatable bonds is 6. The predicted molar refractivity (Wildman–Crippen MR) is 121 cm³/mol. The number of halogens is 1. The lowest BCUT2D eigenvalue weighted by atomic mass is 9.76. The van der Waals surface area contributed by atoms with E-state index in [-0.39, 0.29) is 23.2 Å². The monoisotopic (exact) mass is 424 g/mol. The van der Waals surface area contributed by atoms with E-state index in [2.05, 4.69) is 17.0 Å². The molecule has 1 amide bonds. The van der Waals surface area contributed by atoms with Gasteiger partial charge in [0.25, 0.3) is 0 Å². The van der Waals surface area contributed by atoms with E-state index in [1.165, 1.54) is 17.7 Å². The Labute approximate surface area is 185 Å². The van der Waals surface area contributed by atoms with E-state index in [1.807, 2.05) is 43.0 Å². The molecule has 2 aliphatic heterocycles. The van der Waals surface area contributed by atoms with Crippen molar-refractivity contribution < 1.29 is 13.9 Å². The molecular formula is C26H33FN2O2. The van der Waals surface area contributed by atoms with Gasteiger partial charge in [0, 0.05) is 45.1 Å². The highest BCUT2D eigenvalue weighted by Crippen LogP contribution is 2.46. The van der Waals surface area contributed by atoms with Gasteiger partial charge in [0.1, 0.15) is 17.2 Å². The molecule has 5 heteroatoms. The number of nitrogens with zero attached hydrogens (tertiary/aromatic N) is 2. The lowest BCUT2D eigenvalue weighted by molar-refractivity contribution is -0.131. The Morgan fingerprint density at radius 3 is 2.45 bits per heavy atom. The fourth-order valence-corrected chi connectivity index (χ4v) is 5.12. The van der Waals surface area contributed by atoms with Crippen molar-refractivity contribution >= 4 is 5.91 Å². The lowest BCUT2D eigenvalue weighted by Gasteiger charge is -2.47. The van der Waals surface area contributed by atoms with Crippen LogP contribution in [0, 0.1) is 5.82 Å². The Morgan fingerprint density at radius 2 is 1.77 bits per heavy atom. The van der Waals surface area contributed by atoms with Crippen molar-refractivity contribution in [3.05, 3.63) is 65.5 Å². The number of benzene rings is 2. The number of ether oxygens (including phenoxy) is 1. The molecule has 2 aromatic carbocycles. The minimum absolute atomic E-state index is 0.194. The van der Waals surface area contributed by atoms with Gasteiger partial charge >= 0.3 is 0 Å². The summed E-state index contributed by atoms with van der Waals surface area (Å²) in [6.07, 6.45) is 3.32. The smallest absolute Gasteiger partial charge is 0.223 e. The van der Waals surface area contributed by atoms with Crippen molar-refractivity contribution in [2.45, 2.75) is 57.6 Å². The molecule has 0 radical (unpaired) electrons. The van der Waals surface area contributed by atoms with Gasteiger partial charge in [-0.2, -0.15) is 0 Å². The third kappa shape index (κ3) is 4.93. The molecule has 1 saturated heterocycles. The number of piperidine rings is 1. The first-order valence-corrected chi connectivity index (χ1v) is 11.5. The van der Waals surface area contributed by atoms with E-state index in [9.17, 15) is 9.18 Å². The summed E-state index contributed by atoms with van der Waals surface area (Å²) in [7, 11) is 0. The van der Waals surface area contributed by atoms with Crippen LogP contribution in [-0.2, 0) is 11.3 Å². The van der Waals surface area contributed by atoms with E-state index >= 15 is 0 Å². The van der Waals surface area contributed by atoms with Crippen molar-refractivity contribution in [1.82, 2.24) is 9.80 Å². The van der Waals surface area contributed by atoms with Crippen LogP contribution in [0.15, 0.2) is 48.5 Å². The Kier molecular flexibility index (Phi) is 6.61. The number of likely N-dealkylation sites (tertiary alicyclic amines) is 1. The van der Waals surface area contributed by atoms with Crippen molar-refractivity contribution in [2.75, 3.05) is 26.2 Å². The van der Waals surface area contributed by atoms with Crippen molar-refractivity contribution in [3.63, 3.8) is 0 Å². The Morgan fingerprint density at radius 1 is 1.10 bits per heavy atom. The summed E-state index contributed by atoms with van der Waals surface area (Å²) in [5, 5.41) is 0. The average molecular weight is 425 g/mol. The molecule has 1 fully saturated rings. The maximum absolute atomic E-state index is 13.2. The van der Waals surface area contributed by atoms with Crippen LogP contribution in [0.5, 0.6) is 5.75 Å². The van der Waals surface area contributed by atoms with Crippen LogP contribution in [0.2, 0.25) is 0 Å². The Bertz CT molecular complexity index is 887. The largest absolute Gasteiger partial charge is 0.487 e. The summed E-state index contributed by atoms with van der Waals surface area (Å²) in [6.45, 7) is 8.30. The van der Waals surface area contributed by atoms with Gasteiger partial charge in [0.15, 0.2) is 0 Å². The van der Waals surface area contributed by atoms with E-state index in [4.69, 9.17) is 4.74 Å². The van der Waals surface area contributed by atoms with Crippen LogP contribution in [0.1, 0.15) is 56.6 Å². The number of para-hydroxylation sites is 1. The zero-order valence-corrected chi connectivity index (χ0v) is 18.6. The summed E-state index contributed by atoms with van der Waals surface area (Å²) < 4.78 is 19.8. The topological polar surface area (TPSA) is 32.8 Å². The molecule has 4 nitrogen and oxygen atoms in total. The molecule has 0 saturated carbocycles. The summed E-state index contributed by atoms with van der Waals surface area (Å²) in [5.74, 6) is 1.18. The van der Waals surface area contributed by atoms with Gasteiger partial charge in [-0.05, 0) is 62.4 Å². The molecule has 0 N–H and O–H groups in total. The standard InChI is InChI=1S/C26H33FN2O2/c1-3-29(4-2)25(30)17-21-18-26(31-24-8-6-5-7-23(21)24)13-15-28(16-14-26)19-20-9-11-22(27)12-10-20/h5-12,21H,3-4,13-19H2,1-2H3. The maximum Gasteiger partial charge on any atom is 0.223 e. The summed E-state index contributed by atoms with van der Waals surface area (Å²) in [5.41, 5.74) is 2.10. The van der Waals surface area contributed by atoms with Gasteiger partial charge in [-0.1, -0.05) is 30.3 Å². The van der Waals surface area contributed by atoms with Crippen LogP contribution in [0.4, 0.5) is 4.39 Å². The third-order valence-corrected chi connectivity index (χ3v) is 6.93. The Balaban J connectivity index is 1.45. The molecule has 4 rings (SSSR count). The van der Waals surface area contributed by atoms with Crippen LogP contribution in [0.3, 0.4) is 0 Å². The normalized spacial score (nSPS) is 20.2. The first kappa shape index (κ1) is 21.8. The molecule has 1 spiro atoms. The average Bonchev–Trinajstić information content (AvgIpc) is 2.78. The summed E-state index contributed by atoms with van der Waals surface area (Å²) >= 11 is 0. The van der Waals surface area contributed by atoms with Crippen LogP contribution < -0.4 is 4.74 Å². The van der Waals surface area contributed by atoms with Gasteiger partial charge < -0.3 is 9.64 Å². The molecule has 1 unspecified atom stereocenters. The zero-order chi connectivity index (χ0) is 21.8. The van der Waals surface area contributed by atoms with Crippen LogP contribution >= 0.6 is 0 Å².